The van der Waals surface area contributed by atoms with Crippen LogP contribution in [-0.4, -0.2) is 31.0 Å². The van der Waals surface area contributed by atoms with E-state index in [1.807, 2.05) is 12.1 Å². The molecule has 6 aromatic rings. The van der Waals surface area contributed by atoms with E-state index in [2.05, 4.69) is 56.3 Å². The number of nitrogens with one attached hydrogen (secondary N) is 2. The topological polar surface area (TPSA) is 105 Å². The first-order valence-electron chi connectivity index (χ1n) is 11.0. The normalized spacial score (nSPS) is 12.3. The summed E-state index contributed by atoms with van der Waals surface area (Å²) in [6.07, 6.45) is 3.52. The van der Waals surface area contributed by atoms with Crippen molar-refractivity contribution >= 4 is 72.1 Å². The van der Waals surface area contributed by atoms with Gasteiger partial charge in [0.25, 0.3) is 0 Å². The number of hydrogen-bond donors (Lipinski definition) is 2. The zero-order valence-corrected chi connectivity index (χ0v) is 20.9. The van der Waals surface area contributed by atoms with Gasteiger partial charge in [-0.05, 0) is 55.0 Å². The Balaban J connectivity index is 1.39. The van der Waals surface area contributed by atoms with Gasteiger partial charge in [0.2, 0.25) is 0 Å². The van der Waals surface area contributed by atoms with Gasteiger partial charge in [0.1, 0.15) is 22.3 Å². The molecule has 2 N–H and O–H groups in total. The fourth-order valence-corrected chi connectivity index (χ4v) is 5.57. The molecule has 3 heterocycles. The number of carbonyl (C=O) groups is 2. The number of rotatable bonds is 6. The highest BCUT2D eigenvalue weighted by molar-refractivity contribution is 7.64. The third kappa shape index (κ3) is 4.18. The van der Waals surface area contributed by atoms with Crippen LogP contribution >= 0.6 is 17.2 Å². The van der Waals surface area contributed by atoms with Gasteiger partial charge in [-0.1, -0.05) is 18.2 Å². The summed E-state index contributed by atoms with van der Waals surface area (Å²) >= 11 is 0. The highest BCUT2D eigenvalue weighted by Gasteiger charge is 2.13. The highest BCUT2D eigenvalue weighted by Crippen LogP contribution is 2.35. The van der Waals surface area contributed by atoms with Gasteiger partial charge in [-0.25, -0.2) is 9.97 Å². The fraction of sp³-hybridized carbons (Fsp3) is 0.0769. The van der Waals surface area contributed by atoms with Crippen LogP contribution in [0.5, 0.6) is 0 Å². The fourth-order valence-electron chi connectivity index (χ4n) is 4.25. The lowest BCUT2D eigenvalue weighted by Gasteiger charge is -2.02. The summed E-state index contributed by atoms with van der Waals surface area (Å²) in [4.78, 5) is 37.9. The smallest absolute Gasteiger partial charge is 0.155 e. The van der Waals surface area contributed by atoms with E-state index < -0.39 is 0 Å². The van der Waals surface area contributed by atoms with Gasteiger partial charge in [0.05, 0.1) is 23.8 Å². The molecule has 172 valence electrons. The van der Waals surface area contributed by atoms with Crippen LogP contribution in [0, 0.1) is 0 Å². The molecule has 0 saturated carbocycles. The molecule has 2 atom stereocenters. The van der Waals surface area contributed by atoms with Crippen molar-refractivity contribution in [3.63, 3.8) is 0 Å². The molecular weight excluding hydrogens is 478 g/mol. The summed E-state index contributed by atoms with van der Waals surface area (Å²) in [5, 5.41) is 4.27. The minimum Gasteiger partial charge on any atom is -0.456 e. The number of imidazole rings is 2. The second kappa shape index (κ2) is 8.53. The first-order chi connectivity index (χ1) is 16.9. The van der Waals surface area contributed by atoms with Gasteiger partial charge in [-0.2, -0.15) is 0 Å². The van der Waals surface area contributed by atoms with E-state index in [0.29, 0.717) is 11.1 Å². The van der Waals surface area contributed by atoms with Crippen LogP contribution < -0.4 is 11.1 Å². The lowest BCUT2D eigenvalue weighted by molar-refractivity contribution is -0.110. The standard InChI is InChI=1S/C26H20N4O3P2/c1-13(31)34-25-27-11-21(29-25)16-4-3-15-8-20-19-6-5-17(22-12-28-26(30-22)35-14(2)32)9-23(19)33-24(20)10-18(15)7-16/h3-12,34-35H,1-2H3,(H,27,29)(H,28,30). The van der Waals surface area contributed by atoms with E-state index in [1.165, 1.54) is 0 Å². The third-order valence-electron chi connectivity index (χ3n) is 5.79. The number of H-pyrrole nitrogens is 2. The van der Waals surface area contributed by atoms with E-state index >= 15 is 0 Å². The average molecular weight is 498 g/mol. The zero-order valence-electron chi connectivity index (χ0n) is 18.9. The van der Waals surface area contributed by atoms with Gasteiger partial charge < -0.3 is 14.4 Å². The maximum Gasteiger partial charge on any atom is 0.155 e. The Kier molecular flexibility index (Phi) is 5.32. The number of furan rings is 1. The van der Waals surface area contributed by atoms with Crippen molar-refractivity contribution in [2.75, 3.05) is 0 Å². The lowest BCUT2D eigenvalue weighted by Crippen LogP contribution is -2.01. The van der Waals surface area contributed by atoms with Crippen molar-refractivity contribution in [2.24, 2.45) is 0 Å². The minimum atomic E-state index is 0.0281. The van der Waals surface area contributed by atoms with E-state index in [4.69, 9.17) is 4.42 Å². The highest BCUT2D eigenvalue weighted by atomic mass is 31.1. The molecule has 2 unspecified atom stereocenters. The van der Waals surface area contributed by atoms with Crippen molar-refractivity contribution < 1.29 is 14.0 Å². The number of hydrogen-bond acceptors (Lipinski definition) is 5. The van der Waals surface area contributed by atoms with Gasteiger partial charge >= 0.3 is 0 Å². The number of carbonyl (C=O) groups excluding carboxylic acids is 2. The lowest BCUT2D eigenvalue weighted by atomic mass is 10.0. The molecule has 0 bridgehead atoms. The predicted octanol–water partition coefficient (Wildman–Crippen LogP) is 5.22. The molecule has 3 aromatic carbocycles. The van der Waals surface area contributed by atoms with Crippen LogP contribution in [-0.2, 0) is 9.59 Å². The molecule has 35 heavy (non-hydrogen) atoms. The van der Waals surface area contributed by atoms with Crippen molar-refractivity contribution in [2.45, 2.75) is 13.8 Å². The molecule has 0 spiro atoms. The Morgan fingerprint density at radius 2 is 1.31 bits per heavy atom. The molecular formula is C26H20N4O3P2. The van der Waals surface area contributed by atoms with Gasteiger partial charge in [-0.15, -0.1) is 0 Å². The van der Waals surface area contributed by atoms with Crippen LogP contribution in [0.1, 0.15) is 13.8 Å². The van der Waals surface area contributed by atoms with E-state index in [1.54, 1.807) is 26.2 Å². The number of aromatic amines is 2. The minimum absolute atomic E-state index is 0.0281. The number of nitrogens with zero attached hydrogens (tertiary/aromatic N) is 2. The second-order valence-corrected chi connectivity index (χ2v) is 11.2. The summed E-state index contributed by atoms with van der Waals surface area (Å²) in [5.74, 6) is 0. The van der Waals surface area contributed by atoms with Gasteiger partial charge in [0, 0.05) is 39.1 Å². The van der Waals surface area contributed by atoms with Crippen LogP contribution in [0.2, 0.25) is 0 Å². The maximum absolute atomic E-state index is 11.4. The van der Waals surface area contributed by atoms with Crippen molar-refractivity contribution in [1.82, 2.24) is 19.9 Å². The van der Waals surface area contributed by atoms with Crippen LogP contribution in [0.25, 0.3) is 55.2 Å². The van der Waals surface area contributed by atoms with E-state index in [0.717, 1.165) is 55.2 Å². The van der Waals surface area contributed by atoms with Crippen molar-refractivity contribution in [1.29, 1.82) is 0 Å². The molecule has 7 nitrogen and oxygen atoms in total. The van der Waals surface area contributed by atoms with E-state index in [9.17, 15) is 9.59 Å². The largest absolute Gasteiger partial charge is 0.456 e. The third-order valence-corrected chi connectivity index (χ3v) is 7.48. The molecule has 6 rings (SSSR count). The summed E-state index contributed by atoms with van der Waals surface area (Å²) < 4.78 is 6.24. The molecule has 0 aliphatic carbocycles. The molecule has 0 aliphatic heterocycles. The molecule has 0 aliphatic rings. The zero-order chi connectivity index (χ0) is 24.1. The summed E-state index contributed by atoms with van der Waals surface area (Å²) in [5.41, 5.74) is 6.88. The Morgan fingerprint density at radius 1 is 0.714 bits per heavy atom. The van der Waals surface area contributed by atoms with Crippen LogP contribution in [0.15, 0.2) is 65.3 Å². The summed E-state index contributed by atoms with van der Waals surface area (Å²) in [7, 11) is 0.0639. The van der Waals surface area contributed by atoms with Crippen LogP contribution in [0.4, 0.5) is 0 Å². The SMILES string of the molecule is CC(=O)Pc1ncc(-c2ccc3cc4c(cc3c2)oc2cc(-c3cnc(PC(C)=O)[nH]3)ccc24)[nH]1. The molecule has 0 radical (unpaired) electrons. The Bertz CT molecular complexity index is 1720. The Morgan fingerprint density at radius 3 is 1.97 bits per heavy atom. The van der Waals surface area contributed by atoms with Crippen molar-refractivity contribution in [3.05, 3.63) is 60.9 Å². The average Bonchev–Trinajstić information content (AvgIpc) is 3.54. The Labute approximate surface area is 203 Å². The first kappa shape index (κ1) is 21.8. The van der Waals surface area contributed by atoms with Gasteiger partial charge in [0.15, 0.2) is 11.0 Å². The monoisotopic (exact) mass is 498 g/mol. The number of fused-ring (bicyclic) bond motifs is 4. The van der Waals surface area contributed by atoms with Crippen LogP contribution in [0.3, 0.4) is 0 Å². The molecule has 9 heteroatoms. The maximum atomic E-state index is 11.4. The van der Waals surface area contributed by atoms with Crippen molar-refractivity contribution in [3.8, 4) is 22.5 Å². The molecule has 0 saturated heterocycles. The Hall–Kier alpha value is -3.66. The van der Waals surface area contributed by atoms with Gasteiger partial charge in [-0.3, -0.25) is 9.59 Å². The number of aromatic nitrogens is 4. The summed E-state index contributed by atoms with van der Waals surface area (Å²) in [6.45, 7) is 3.13. The van der Waals surface area contributed by atoms with E-state index in [-0.39, 0.29) is 28.2 Å². The first-order valence-corrected chi connectivity index (χ1v) is 13.0. The molecule has 3 aromatic heterocycles. The molecule has 0 fully saturated rings. The quantitative estimate of drug-likeness (QED) is 0.307. The predicted molar refractivity (Wildman–Crippen MR) is 144 cm³/mol. The second-order valence-electron chi connectivity index (χ2n) is 8.38. The summed E-state index contributed by atoms with van der Waals surface area (Å²) in [6, 6.07) is 16.6. The number of benzene rings is 3. The molecule has 0 amide bonds.